The number of rotatable bonds is 7. The van der Waals surface area contributed by atoms with Gasteiger partial charge in [0, 0.05) is 24.7 Å². The molecule has 1 rings (SSSR count). The standard InChI is InChI=1S/C13H24N2OS/c1-6-10(2)13(4,14-7-8-16-5)12-15-11(3)9-17-12/h9-10,14H,6-8H2,1-5H3. The van der Waals surface area contributed by atoms with Crippen molar-refractivity contribution in [2.45, 2.75) is 39.7 Å². The summed E-state index contributed by atoms with van der Waals surface area (Å²) in [5.41, 5.74) is 1.06. The summed E-state index contributed by atoms with van der Waals surface area (Å²) in [6.45, 7) is 10.4. The summed E-state index contributed by atoms with van der Waals surface area (Å²) < 4.78 is 5.11. The normalized spacial score (nSPS) is 16.8. The van der Waals surface area contributed by atoms with E-state index in [-0.39, 0.29) is 5.54 Å². The maximum atomic E-state index is 5.11. The number of aryl methyl sites for hydroxylation is 1. The second kappa shape index (κ2) is 6.47. The van der Waals surface area contributed by atoms with Gasteiger partial charge in [-0.1, -0.05) is 20.3 Å². The molecule has 0 aliphatic rings. The lowest BCUT2D eigenvalue weighted by Gasteiger charge is -2.34. The van der Waals surface area contributed by atoms with Gasteiger partial charge in [0.1, 0.15) is 5.01 Å². The predicted octanol–water partition coefficient (Wildman–Crippen LogP) is 2.95. The largest absolute Gasteiger partial charge is 0.383 e. The van der Waals surface area contributed by atoms with Crippen LogP contribution in [0.5, 0.6) is 0 Å². The first-order chi connectivity index (χ1) is 8.04. The Balaban J connectivity index is 2.85. The van der Waals surface area contributed by atoms with Crippen molar-refractivity contribution >= 4 is 11.3 Å². The van der Waals surface area contributed by atoms with Gasteiger partial charge in [0.15, 0.2) is 0 Å². The van der Waals surface area contributed by atoms with Gasteiger partial charge < -0.3 is 10.1 Å². The van der Waals surface area contributed by atoms with Gasteiger partial charge in [0.2, 0.25) is 0 Å². The second-order valence-electron chi connectivity index (χ2n) is 4.73. The van der Waals surface area contributed by atoms with Crippen LogP contribution in [-0.2, 0) is 10.3 Å². The van der Waals surface area contributed by atoms with Crippen LogP contribution in [0.15, 0.2) is 5.38 Å². The fourth-order valence-electron chi connectivity index (χ4n) is 1.87. The highest BCUT2D eigenvalue weighted by molar-refractivity contribution is 7.09. The van der Waals surface area contributed by atoms with E-state index in [0.29, 0.717) is 5.92 Å². The number of nitrogens with one attached hydrogen (secondary N) is 1. The average molecular weight is 256 g/mol. The summed E-state index contributed by atoms with van der Waals surface area (Å²) in [5.74, 6) is 0.546. The van der Waals surface area contributed by atoms with Gasteiger partial charge >= 0.3 is 0 Å². The number of ether oxygens (including phenoxy) is 1. The molecule has 0 aromatic carbocycles. The first kappa shape index (κ1) is 14.6. The molecule has 1 aromatic heterocycles. The molecule has 0 fully saturated rings. The van der Waals surface area contributed by atoms with Crippen molar-refractivity contribution in [2.75, 3.05) is 20.3 Å². The molecule has 1 heterocycles. The van der Waals surface area contributed by atoms with E-state index in [0.717, 1.165) is 25.3 Å². The van der Waals surface area contributed by atoms with Crippen LogP contribution in [0.25, 0.3) is 0 Å². The summed E-state index contributed by atoms with van der Waals surface area (Å²) in [6.07, 6.45) is 1.13. The lowest BCUT2D eigenvalue weighted by molar-refractivity contribution is 0.168. The molecule has 1 aromatic rings. The van der Waals surface area contributed by atoms with Gasteiger partial charge in [-0.05, 0) is 19.8 Å². The molecule has 0 radical (unpaired) electrons. The molecule has 98 valence electrons. The van der Waals surface area contributed by atoms with Crippen LogP contribution in [0.4, 0.5) is 0 Å². The maximum Gasteiger partial charge on any atom is 0.113 e. The van der Waals surface area contributed by atoms with Crippen molar-refractivity contribution in [1.82, 2.24) is 10.3 Å². The molecular formula is C13H24N2OS. The zero-order valence-corrected chi connectivity index (χ0v) is 12.4. The maximum absolute atomic E-state index is 5.11. The van der Waals surface area contributed by atoms with E-state index in [9.17, 15) is 0 Å². The van der Waals surface area contributed by atoms with Gasteiger partial charge in [-0.15, -0.1) is 11.3 Å². The Hall–Kier alpha value is -0.450. The van der Waals surface area contributed by atoms with E-state index in [4.69, 9.17) is 4.74 Å². The minimum atomic E-state index is -0.0494. The van der Waals surface area contributed by atoms with Gasteiger partial charge in [0.05, 0.1) is 12.1 Å². The Morgan fingerprint density at radius 3 is 2.76 bits per heavy atom. The molecule has 0 saturated carbocycles. The van der Waals surface area contributed by atoms with Crippen LogP contribution in [0.2, 0.25) is 0 Å². The second-order valence-corrected chi connectivity index (χ2v) is 5.58. The van der Waals surface area contributed by atoms with E-state index in [1.165, 1.54) is 5.01 Å². The quantitative estimate of drug-likeness (QED) is 0.762. The van der Waals surface area contributed by atoms with Crippen LogP contribution in [0.3, 0.4) is 0 Å². The molecule has 0 saturated heterocycles. The van der Waals surface area contributed by atoms with E-state index in [1.54, 1.807) is 18.4 Å². The zero-order chi connectivity index (χ0) is 12.9. The fraction of sp³-hybridized carbons (Fsp3) is 0.769. The summed E-state index contributed by atoms with van der Waals surface area (Å²) in [7, 11) is 1.73. The third kappa shape index (κ3) is 3.50. The van der Waals surface area contributed by atoms with Gasteiger partial charge in [0.25, 0.3) is 0 Å². The summed E-state index contributed by atoms with van der Waals surface area (Å²) in [5, 5.41) is 6.90. The minimum Gasteiger partial charge on any atom is -0.383 e. The smallest absolute Gasteiger partial charge is 0.113 e. The molecule has 1 N–H and O–H groups in total. The van der Waals surface area contributed by atoms with Crippen molar-refractivity contribution in [3.8, 4) is 0 Å². The van der Waals surface area contributed by atoms with Gasteiger partial charge in [-0.3, -0.25) is 0 Å². The molecule has 0 bridgehead atoms. The minimum absolute atomic E-state index is 0.0494. The van der Waals surface area contributed by atoms with Crippen LogP contribution < -0.4 is 5.32 Å². The summed E-state index contributed by atoms with van der Waals surface area (Å²) in [6, 6.07) is 0. The number of hydrogen-bond donors (Lipinski definition) is 1. The fourth-order valence-corrected chi connectivity index (χ4v) is 2.92. The van der Waals surface area contributed by atoms with Crippen molar-refractivity contribution in [2.24, 2.45) is 5.92 Å². The van der Waals surface area contributed by atoms with Crippen molar-refractivity contribution in [3.05, 3.63) is 16.1 Å². The highest BCUT2D eigenvalue weighted by atomic mass is 32.1. The highest BCUT2D eigenvalue weighted by Crippen LogP contribution is 2.33. The van der Waals surface area contributed by atoms with E-state index >= 15 is 0 Å². The van der Waals surface area contributed by atoms with Crippen LogP contribution in [-0.4, -0.2) is 25.2 Å². The van der Waals surface area contributed by atoms with Crippen LogP contribution in [0.1, 0.15) is 37.9 Å². The lowest BCUT2D eigenvalue weighted by Crippen LogP contribution is -2.46. The number of nitrogens with zero attached hydrogens (tertiary/aromatic N) is 1. The SMILES string of the molecule is CCC(C)C(C)(NCCOC)c1nc(C)cs1. The molecule has 0 aliphatic carbocycles. The Kier molecular flexibility index (Phi) is 5.56. The third-order valence-electron chi connectivity index (χ3n) is 3.46. The number of methoxy groups -OCH3 is 1. The van der Waals surface area contributed by atoms with E-state index in [2.05, 4.69) is 36.5 Å². The van der Waals surface area contributed by atoms with Gasteiger partial charge in [-0.2, -0.15) is 0 Å². The Bertz CT molecular complexity index is 340. The van der Waals surface area contributed by atoms with Gasteiger partial charge in [-0.25, -0.2) is 4.98 Å². The molecule has 2 atom stereocenters. The number of hydrogen-bond acceptors (Lipinski definition) is 4. The van der Waals surface area contributed by atoms with E-state index in [1.807, 2.05) is 6.92 Å². The molecule has 0 aliphatic heterocycles. The molecule has 0 amide bonds. The summed E-state index contributed by atoms with van der Waals surface area (Å²) in [4.78, 5) is 4.65. The lowest BCUT2D eigenvalue weighted by atomic mass is 9.85. The van der Waals surface area contributed by atoms with Crippen molar-refractivity contribution < 1.29 is 4.74 Å². The Morgan fingerprint density at radius 1 is 1.59 bits per heavy atom. The van der Waals surface area contributed by atoms with E-state index < -0.39 is 0 Å². The third-order valence-corrected chi connectivity index (χ3v) is 4.66. The first-order valence-electron chi connectivity index (χ1n) is 6.21. The van der Waals surface area contributed by atoms with Crippen molar-refractivity contribution in [1.29, 1.82) is 0 Å². The molecule has 4 heteroatoms. The molecular weight excluding hydrogens is 232 g/mol. The highest BCUT2D eigenvalue weighted by Gasteiger charge is 2.34. The molecule has 0 spiro atoms. The zero-order valence-electron chi connectivity index (χ0n) is 11.5. The summed E-state index contributed by atoms with van der Waals surface area (Å²) >= 11 is 1.74. The molecule has 2 unspecified atom stereocenters. The number of thiazole rings is 1. The number of aromatic nitrogens is 1. The Morgan fingerprint density at radius 2 is 2.29 bits per heavy atom. The van der Waals surface area contributed by atoms with Crippen molar-refractivity contribution in [3.63, 3.8) is 0 Å². The monoisotopic (exact) mass is 256 g/mol. The molecule has 17 heavy (non-hydrogen) atoms. The molecule has 3 nitrogen and oxygen atoms in total. The Labute approximate surface area is 109 Å². The average Bonchev–Trinajstić information content (AvgIpc) is 2.75. The topological polar surface area (TPSA) is 34.1 Å². The van der Waals surface area contributed by atoms with Crippen LogP contribution >= 0.6 is 11.3 Å². The van der Waals surface area contributed by atoms with Crippen LogP contribution in [0, 0.1) is 12.8 Å². The predicted molar refractivity (Wildman–Crippen MR) is 73.5 cm³/mol. The first-order valence-corrected chi connectivity index (χ1v) is 7.09.